The number of hydrogen-bond acceptors (Lipinski definition) is 4. The molecule has 1 aliphatic rings. The molecule has 7 heteroatoms. The van der Waals surface area contributed by atoms with Gasteiger partial charge in [0.2, 0.25) is 10.0 Å². The minimum absolute atomic E-state index is 0.0171. The van der Waals surface area contributed by atoms with Crippen molar-refractivity contribution in [1.29, 1.82) is 0 Å². The number of fused-ring (bicyclic) bond motifs is 1. The first-order chi connectivity index (χ1) is 11.4. The molecule has 0 saturated heterocycles. The molecule has 0 radical (unpaired) electrons. The molecular formula is C17H20N2O3S2. The molecule has 5 nitrogen and oxygen atoms in total. The highest BCUT2D eigenvalue weighted by Crippen LogP contribution is 2.33. The van der Waals surface area contributed by atoms with Gasteiger partial charge in [-0.25, -0.2) is 13.6 Å². The second-order valence-corrected chi connectivity index (χ2v) is 8.80. The Morgan fingerprint density at radius 2 is 2.17 bits per heavy atom. The molecule has 24 heavy (non-hydrogen) atoms. The molecule has 3 N–H and O–H groups in total. The molecule has 2 aromatic rings. The number of hydrogen-bond donors (Lipinski definition) is 2. The highest BCUT2D eigenvalue weighted by Gasteiger charge is 2.22. The van der Waals surface area contributed by atoms with Crippen LogP contribution in [0.5, 0.6) is 0 Å². The van der Waals surface area contributed by atoms with Gasteiger partial charge in [0.15, 0.2) is 0 Å². The first-order valence-corrected chi connectivity index (χ1v) is 10.3. The van der Waals surface area contributed by atoms with Crippen molar-refractivity contribution >= 4 is 33.0 Å². The number of carbonyl (C=O) groups is 1. The second kappa shape index (κ2) is 6.66. The molecule has 0 bridgehead atoms. The van der Waals surface area contributed by atoms with Crippen molar-refractivity contribution in [2.24, 2.45) is 11.1 Å². The minimum atomic E-state index is -3.79. The van der Waals surface area contributed by atoms with Crippen LogP contribution < -0.4 is 10.5 Å². The molecule has 1 aromatic carbocycles. The number of thiophene rings is 1. The van der Waals surface area contributed by atoms with E-state index in [9.17, 15) is 13.2 Å². The molecule has 0 aliphatic heterocycles. The molecule has 1 aliphatic carbocycles. The number of benzene rings is 1. The van der Waals surface area contributed by atoms with Crippen LogP contribution in [0.3, 0.4) is 0 Å². The summed E-state index contributed by atoms with van der Waals surface area (Å²) in [5, 5.41) is 7.88. The van der Waals surface area contributed by atoms with Crippen molar-refractivity contribution in [1.82, 2.24) is 0 Å². The van der Waals surface area contributed by atoms with E-state index in [2.05, 4.69) is 12.2 Å². The minimum Gasteiger partial charge on any atom is -0.321 e. The normalized spacial score (nSPS) is 17.3. The number of sulfonamides is 1. The zero-order valence-corrected chi connectivity index (χ0v) is 15.0. The van der Waals surface area contributed by atoms with E-state index in [-0.39, 0.29) is 10.8 Å². The van der Waals surface area contributed by atoms with Crippen molar-refractivity contribution in [3.63, 3.8) is 0 Å². The van der Waals surface area contributed by atoms with E-state index in [0.29, 0.717) is 16.5 Å². The van der Waals surface area contributed by atoms with E-state index in [4.69, 9.17) is 5.14 Å². The molecule has 1 amide bonds. The van der Waals surface area contributed by atoms with Gasteiger partial charge in [0.1, 0.15) is 0 Å². The second-order valence-electron chi connectivity index (χ2n) is 6.10. The van der Waals surface area contributed by atoms with Crippen LogP contribution in [0, 0.1) is 5.92 Å². The smallest absolute Gasteiger partial charge is 0.265 e. The Hall–Kier alpha value is -1.70. The van der Waals surface area contributed by atoms with Crippen LogP contribution in [0.2, 0.25) is 0 Å². The van der Waals surface area contributed by atoms with Gasteiger partial charge in [-0.05, 0) is 55.0 Å². The van der Waals surface area contributed by atoms with Gasteiger partial charge < -0.3 is 5.32 Å². The number of primary sulfonamides is 1. The number of rotatable bonds is 4. The lowest BCUT2D eigenvalue weighted by molar-refractivity contribution is 0.103. The topological polar surface area (TPSA) is 89.3 Å². The van der Waals surface area contributed by atoms with Crippen molar-refractivity contribution in [3.05, 3.63) is 45.6 Å². The maximum Gasteiger partial charge on any atom is 0.265 e. The van der Waals surface area contributed by atoms with E-state index < -0.39 is 10.0 Å². The van der Waals surface area contributed by atoms with Crippen LogP contribution in [-0.4, -0.2) is 14.3 Å². The molecule has 0 spiro atoms. The molecular weight excluding hydrogens is 344 g/mol. The third-order valence-electron chi connectivity index (χ3n) is 4.41. The maximum absolute atomic E-state index is 12.5. The summed E-state index contributed by atoms with van der Waals surface area (Å²) in [4.78, 5) is 14.4. The van der Waals surface area contributed by atoms with Crippen LogP contribution in [0.4, 0.5) is 5.69 Å². The lowest BCUT2D eigenvalue weighted by atomic mass is 9.87. The summed E-state index contributed by atoms with van der Waals surface area (Å²) in [5.41, 5.74) is 1.70. The number of carbonyl (C=O) groups excluding carboxylic acids is 1. The first kappa shape index (κ1) is 17.1. The van der Waals surface area contributed by atoms with Gasteiger partial charge in [0, 0.05) is 10.6 Å². The Bertz CT molecular complexity index is 872. The highest BCUT2D eigenvalue weighted by atomic mass is 32.2. The van der Waals surface area contributed by atoms with Crippen LogP contribution in [0.15, 0.2) is 35.2 Å². The van der Waals surface area contributed by atoms with Crippen LogP contribution in [0.1, 0.15) is 39.9 Å². The van der Waals surface area contributed by atoms with Gasteiger partial charge in [-0.3, -0.25) is 4.79 Å². The van der Waals surface area contributed by atoms with Gasteiger partial charge in [-0.1, -0.05) is 19.4 Å². The summed E-state index contributed by atoms with van der Waals surface area (Å²) in [6.07, 6.45) is 4.42. The standard InChI is InChI=1S/C17H20N2O3S2/c1-2-11-6-7-15-12(8-11)9-16(23-15)17(20)19-13-4-3-5-14(10-13)24(18,21)22/h3-5,9-11H,2,6-8H2,1H3,(H,19,20)(H2,18,21,22)/t11-/m0/s1. The predicted octanol–water partition coefficient (Wildman–Crippen LogP) is 3.16. The number of nitrogens with two attached hydrogens (primary N) is 1. The molecule has 3 rings (SSSR count). The fourth-order valence-electron chi connectivity index (χ4n) is 3.00. The first-order valence-electron chi connectivity index (χ1n) is 7.92. The summed E-state index contributed by atoms with van der Waals surface area (Å²) < 4.78 is 22.8. The lowest BCUT2D eigenvalue weighted by Crippen LogP contribution is -2.14. The highest BCUT2D eigenvalue weighted by molar-refractivity contribution is 7.89. The summed E-state index contributed by atoms with van der Waals surface area (Å²) in [5.74, 6) is 0.489. The molecule has 1 aromatic heterocycles. The molecule has 0 unspecified atom stereocenters. The van der Waals surface area contributed by atoms with Crippen molar-refractivity contribution in [2.75, 3.05) is 5.32 Å². The zero-order chi connectivity index (χ0) is 17.3. The maximum atomic E-state index is 12.5. The fraction of sp³-hybridized carbons (Fsp3) is 0.353. The van der Waals surface area contributed by atoms with E-state index >= 15 is 0 Å². The molecule has 1 heterocycles. The van der Waals surface area contributed by atoms with E-state index in [1.54, 1.807) is 12.1 Å². The Balaban J connectivity index is 1.78. The summed E-state index contributed by atoms with van der Waals surface area (Å²) >= 11 is 1.53. The number of nitrogens with one attached hydrogen (secondary N) is 1. The third-order valence-corrected chi connectivity index (χ3v) is 6.55. The Morgan fingerprint density at radius 1 is 1.38 bits per heavy atom. The molecule has 0 fully saturated rings. The molecule has 1 atom stereocenters. The van der Waals surface area contributed by atoms with Gasteiger partial charge >= 0.3 is 0 Å². The van der Waals surface area contributed by atoms with E-state index in [1.165, 1.54) is 40.3 Å². The summed E-state index contributed by atoms with van der Waals surface area (Å²) in [6.45, 7) is 2.20. The zero-order valence-electron chi connectivity index (χ0n) is 13.4. The van der Waals surface area contributed by atoms with Gasteiger partial charge in [0.05, 0.1) is 9.77 Å². The largest absolute Gasteiger partial charge is 0.321 e. The molecule has 128 valence electrons. The number of amides is 1. The Labute approximate surface area is 145 Å². The number of anilines is 1. The average Bonchev–Trinajstić information content (AvgIpc) is 2.97. The number of aryl methyl sites for hydroxylation is 1. The lowest BCUT2D eigenvalue weighted by Gasteiger charge is -2.19. The quantitative estimate of drug-likeness (QED) is 0.873. The predicted molar refractivity (Wildman–Crippen MR) is 95.9 cm³/mol. The van der Waals surface area contributed by atoms with Crippen LogP contribution >= 0.6 is 11.3 Å². The van der Waals surface area contributed by atoms with Crippen molar-refractivity contribution in [2.45, 2.75) is 37.5 Å². The van der Waals surface area contributed by atoms with E-state index in [0.717, 1.165) is 19.3 Å². The fourth-order valence-corrected chi connectivity index (χ4v) is 4.67. The van der Waals surface area contributed by atoms with Crippen LogP contribution in [-0.2, 0) is 22.9 Å². The van der Waals surface area contributed by atoms with Gasteiger partial charge in [0.25, 0.3) is 5.91 Å². The Morgan fingerprint density at radius 3 is 2.88 bits per heavy atom. The summed E-state index contributed by atoms with van der Waals surface area (Å²) in [7, 11) is -3.79. The summed E-state index contributed by atoms with van der Waals surface area (Å²) in [6, 6.07) is 7.95. The Kier molecular flexibility index (Phi) is 4.76. The van der Waals surface area contributed by atoms with Gasteiger partial charge in [-0.15, -0.1) is 11.3 Å². The average molecular weight is 364 g/mol. The monoisotopic (exact) mass is 364 g/mol. The van der Waals surface area contributed by atoms with Crippen molar-refractivity contribution in [3.8, 4) is 0 Å². The SMILES string of the molecule is CC[C@H]1CCc2sc(C(=O)Nc3cccc(S(N)(=O)=O)c3)cc2C1. The van der Waals surface area contributed by atoms with Gasteiger partial charge in [-0.2, -0.15) is 0 Å². The van der Waals surface area contributed by atoms with Crippen molar-refractivity contribution < 1.29 is 13.2 Å². The third kappa shape index (κ3) is 3.68. The van der Waals surface area contributed by atoms with E-state index in [1.807, 2.05) is 6.07 Å². The van der Waals surface area contributed by atoms with Crippen LogP contribution in [0.25, 0.3) is 0 Å². The molecule has 0 saturated carbocycles.